The molecule has 0 fully saturated rings. The Kier molecular flexibility index (Phi) is 3.04. The number of pyridine rings is 1. The molecule has 84 valence electrons. The maximum atomic E-state index is 11.9. The molecule has 1 aromatic heterocycles. The smallest absolute Gasteiger partial charge is 0.503 e. The first-order valence-corrected chi connectivity index (χ1v) is 3.99. The van der Waals surface area contributed by atoms with Crippen molar-refractivity contribution in [3.05, 3.63) is 17.3 Å². The van der Waals surface area contributed by atoms with E-state index in [1.165, 1.54) is 0 Å². The molecule has 7 heteroatoms. The molecule has 0 atom stereocenters. The lowest BCUT2D eigenvalue weighted by molar-refractivity contribution is -0.276. The molecule has 1 rings (SSSR count). The zero-order valence-electron chi connectivity index (χ0n) is 7.80. The van der Waals surface area contributed by atoms with Crippen LogP contribution < -0.4 is 10.5 Å². The molecule has 0 radical (unpaired) electrons. The third-order valence-electron chi connectivity index (χ3n) is 1.67. The van der Waals surface area contributed by atoms with Crippen LogP contribution in [0.1, 0.15) is 11.3 Å². The number of aryl methyl sites for hydroxylation is 1. The molecule has 0 aliphatic carbocycles. The molecule has 1 heterocycles. The van der Waals surface area contributed by atoms with Crippen molar-refractivity contribution in [1.82, 2.24) is 4.98 Å². The van der Waals surface area contributed by atoms with Crippen molar-refractivity contribution in [1.29, 1.82) is 0 Å². The van der Waals surface area contributed by atoms with Gasteiger partial charge in [0.05, 0.1) is 5.69 Å². The molecule has 0 aliphatic heterocycles. The van der Waals surface area contributed by atoms with Gasteiger partial charge in [-0.05, 0) is 18.6 Å². The summed E-state index contributed by atoms with van der Waals surface area (Å²) in [7, 11) is 0. The standard InChI is InChI=1S/C8H9F3N2O2/c1-4-2-6(14)7(13-5(4)3-12)15-8(9,10)11/h2,14H,3,12H2,1H3. The molecule has 0 unspecified atom stereocenters. The minimum absolute atomic E-state index is 0.0274. The minimum atomic E-state index is -4.88. The van der Waals surface area contributed by atoms with Crippen LogP contribution in [-0.2, 0) is 6.54 Å². The molecule has 0 amide bonds. The maximum Gasteiger partial charge on any atom is 0.574 e. The number of rotatable bonds is 2. The minimum Gasteiger partial charge on any atom is -0.503 e. The highest BCUT2D eigenvalue weighted by atomic mass is 19.4. The van der Waals surface area contributed by atoms with Gasteiger partial charge >= 0.3 is 6.36 Å². The number of hydrogen-bond acceptors (Lipinski definition) is 4. The van der Waals surface area contributed by atoms with Crippen molar-refractivity contribution < 1.29 is 23.0 Å². The van der Waals surface area contributed by atoms with E-state index in [9.17, 15) is 13.2 Å². The van der Waals surface area contributed by atoms with Crippen LogP contribution in [0.25, 0.3) is 0 Å². The fourth-order valence-electron chi connectivity index (χ4n) is 1.01. The number of nitrogens with zero attached hydrogens (tertiary/aromatic N) is 1. The summed E-state index contributed by atoms with van der Waals surface area (Å²) in [5, 5.41) is 9.15. The van der Waals surface area contributed by atoms with Crippen molar-refractivity contribution in [3.63, 3.8) is 0 Å². The number of aromatic hydroxyl groups is 1. The van der Waals surface area contributed by atoms with Crippen LogP contribution in [0, 0.1) is 6.92 Å². The zero-order chi connectivity index (χ0) is 11.6. The normalized spacial score (nSPS) is 11.5. The number of alkyl halides is 3. The van der Waals surface area contributed by atoms with E-state index < -0.39 is 18.0 Å². The second-order valence-corrected chi connectivity index (χ2v) is 2.83. The molecular formula is C8H9F3N2O2. The van der Waals surface area contributed by atoms with E-state index in [1.807, 2.05) is 0 Å². The summed E-state index contributed by atoms with van der Waals surface area (Å²) < 4.78 is 39.1. The lowest BCUT2D eigenvalue weighted by Gasteiger charge is -2.11. The predicted octanol–water partition coefficient (Wildman–Crippen LogP) is 1.45. The van der Waals surface area contributed by atoms with E-state index in [0.29, 0.717) is 5.56 Å². The number of nitrogens with two attached hydrogens (primary N) is 1. The molecule has 0 spiro atoms. The predicted molar refractivity (Wildman–Crippen MR) is 45.2 cm³/mol. The largest absolute Gasteiger partial charge is 0.574 e. The van der Waals surface area contributed by atoms with Crippen molar-refractivity contribution in [3.8, 4) is 11.6 Å². The first-order valence-electron chi connectivity index (χ1n) is 3.99. The first-order chi connectivity index (χ1) is 6.83. The van der Waals surface area contributed by atoms with E-state index in [2.05, 4.69) is 9.72 Å². The van der Waals surface area contributed by atoms with Gasteiger partial charge in [-0.15, -0.1) is 13.2 Å². The Hall–Kier alpha value is -1.50. The third kappa shape index (κ3) is 2.98. The van der Waals surface area contributed by atoms with Crippen molar-refractivity contribution >= 4 is 0 Å². The van der Waals surface area contributed by atoms with Crippen LogP contribution in [0.5, 0.6) is 11.6 Å². The number of aromatic nitrogens is 1. The van der Waals surface area contributed by atoms with Crippen LogP contribution >= 0.6 is 0 Å². The second-order valence-electron chi connectivity index (χ2n) is 2.83. The molecule has 0 aliphatic rings. The average molecular weight is 222 g/mol. The molecule has 3 N–H and O–H groups in total. The third-order valence-corrected chi connectivity index (χ3v) is 1.67. The van der Waals surface area contributed by atoms with Gasteiger partial charge in [0.15, 0.2) is 5.75 Å². The van der Waals surface area contributed by atoms with Crippen molar-refractivity contribution in [2.45, 2.75) is 19.8 Å². The molecule has 0 aromatic carbocycles. The summed E-state index contributed by atoms with van der Waals surface area (Å²) in [4.78, 5) is 3.46. The van der Waals surface area contributed by atoms with Crippen LogP contribution in [0.2, 0.25) is 0 Å². The first kappa shape index (κ1) is 11.6. The fraction of sp³-hybridized carbons (Fsp3) is 0.375. The Morgan fingerprint density at radius 1 is 1.53 bits per heavy atom. The maximum absolute atomic E-state index is 11.9. The van der Waals surface area contributed by atoms with E-state index in [0.717, 1.165) is 6.07 Å². The quantitative estimate of drug-likeness (QED) is 0.794. The Morgan fingerprint density at radius 3 is 2.60 bits per heavy atom. The summed E-state index contributed by atoms with van der Waals surface area (Å²) in [6.07, 6.45) is -4.88. The van der Waals surface area contributed by atoms with E-state index in [1.54, 1.807) is 6.92 Å². The molecule has 4 nitrogen and oxygen atoms in total. The van der Waals surface area contributed by atoms with Crippen molar-refractivity contribution in [2.24, 2.45) is 5.73 Å². The van der Waals surface area contributed by atoms with Gasteiger partial charge in [0.2, 0.25) is 0 Å². The van der Waals surface area contributed by atoms with E-state index in [-0.39, 0.29) is 12.2 Å². The monoisotopic (exact) mass is 222 g/mol. The van der Waals surface area contributed by atoms with Crippen LogP contribution in [-0.4, -0.2) is 16.5 Å². The molecule has 0 saturated heterocycles. The molecule has 0 saturated carbocycles. The van der Waals surface area contributed by atoms with Gasteiger partial charge in [0, 0.05) is 6.54 Å². The van der Waals surface area contributed by atoms with E-state index in [4.69, 9.17) is 10.8 Å². The van der Waals surface area contributed by atoms with Gasteiger partial charge in [-0.1, -0.05) is 0 Å². The highest BCUT2D eigenvalue weighted by molar-refractivity contribution is 5.38. The lowest BCUT2D eigenvalue weighted by atomic mass is 10.2. The summed E-state index contributed by atoms with van der Waals surface area (Å²) in [6.45, 7) is 1.55. The van der Waals surface area contributed by atoms with Crippen LogP contribution in [0.3, 0.4) is 0 Å². The Balaban J connectivity index is 3.08. The fourth-order valence-corrected chi connectivity index (χ4v) is 1.01. The van der Waals surface area contributed by atoms with Gasteiger partial charge in [-0.25, -0.2) is 4.98 Å². The highest BCUT2D eigenvalue weighted by Crippen LogP contribution is 2.30. The molecule has 15 heavy (non-hydrogen) atoms. The number of halogens is 3. The Labute approximate surface area is 83.5 Å². The Morgan fingerprint density at radius 2 is 2.13 bits per heavy atom. The summed E-state index contributed by atoms with van der Waals surface area (Å²) in [6, 6.07) is 1.12. The summed E-state index contributed by atoms with van der Waals surface area (Å²) in [5.41, 5.74) is 6.00. The topological polar surface area (TPSA) is 68.4 Å². The van der Waals surface area contributed by atoms with Gasteiger partial charge in [-0.2, -0.15) is 0 Å². The molecular weight excluding hydrogens is 213 g/mol. The summed E-state index contributed by atoms with van der Waals surface area (Å²) >= 11 is 0. The summed E-state index contributed by atoms with van der Waals surface area (Å²) in [5.74, 6) is -1.55. The molecule has 1 aromatic rings. The van der Waals surface area contributed by atoms with Gasteiger partial charge < -0.3 is 15.6 Å². The molecule has 0 bridgehead atoms. The van der Waals surface area contributed by atoms with Gasteiger partial charge in [-0.3, -0.25) is 0 Å². The van der Waals surface area contributed by atoms with E-state index >= 15 is 0 Å². The van der Waals surface area contributed by atoms with Crippen LogP contribution in [0.15, 0.2) is 6.07 Å². The lowest BCUT2D eigenvalue weighted by Crippen LogP contribution is -2.18. The average Bonchev–Trinajstić information content (AvgIpc) is 2.07. The Bertz CT molecular complexity index is 366. The second kappa shape index (κ2) is 3.93. The number of hydrogen-bond donors (Lipinski definition) is 2. The van der Waals surface area contributed by atoms with Crippen LogP contribution in [0.4, 0.5) is 13.2 Å². The van der Waals surface area contributed by atoms with Gasteiger partial charge in [0.25, 0.3) is 5.88 Å². The van der Waals surface area contributed by atoms with Gasteiger partial charge in [0.1, 0.15) is 0 Å². The SMILES string of the molecule is Cc1cc(O)c(OC(F)(F)F)nc1CN. The highest BCUT2D eigenvalue weighted by Gasteiger charge is 2.33. The zero-order valence-corrected chi connectivity index (χ0v) is 7.80. The van der Waals surface area contributed by atoms with Crippen molar-refractivity contribution in [2.75, 3.05) is 0 Å². The number of ether oxygens (including phenoxy) is 1.